The Kier molecular flexibility index (Phi) is 7.24. The molecular weight excluding hydrogens is 667 g/mol. The summed E-state index contributed by atoms with van der Waals surface area (Å²) in [6.45, 7) is 0. The van der Waals surface area contributed by atoms with Gasteiger partial charge in [-0.05, 0) is 113 Å². The Labute approximate surface area is 315 Å². The van der Waals surface area contributed by atoms with Gasteiger partial charge < -0.3 is 4.90 Å². The van der Waals surface area contributed by atoms with Crippen LogP contribution in [0.1, 0.15) is 59.9 Å². The van der Waals surface area contributed by atoms with Crippen molar-refractivity contribution in [3.8, 4) is 0 Å². The smallest absolute Gasteiger partial charge is 0.0720 e. The predicted octanol–water partition coefficient (Wildman–Crippen LogP) is 12.6. The fraction of sp³-hybridized carbons (Fsp3) is 0.184. The molecule has 252 valence electrons. The van der Waals surface area contributed by atoms with E-state index in [2.05, 4.69) is 163 Å². The van der Waals surface area contributed by atoms with E-state index < -0.39 is 5.41 Å². The number of allylic oxidation sites excluding steroid dienone is 11. The molecule has 4 atom stereocenters. The third-order valence-electron chi connectivity index (χ3n) is 12.3. The zero-order valence-corrected chi connectivity index (χ0v) is 30.7. The predicted molar refractivity (Wildman–Crippen MR) is 220 cm³/mol. The van der Waals surface area contributed by atoms with Crippen LogP contribution in [0.5, 0.6) is 0 Å². The van der Waals surface area contributed by atoms with Gasteiger partial charge >= 0.3 is 0 Å². The molecule has 1 nitrogen and oxygen atoms in total. The first-order valence-corrected chi connectivity index (χ1v) is 20.5. The average Bonchev–Trinajstić information content (AvgIpc) is 3.54. The summed E-state index contributed by atoms with van der Waals surface area (Å²) in [6.07, 6.45) is 31.6. The number of rotatable bonds is 3. The molecule has 0 aromatic heterocycles. The Bertz CT molecular complexity index is 2420. The van der Waals surface area contributed by atoms with Crippen LogP contribution in [0, 0.1) is 5.92 Å². The lowest BCUT2D eigenvalue weighted by molar-refractivity contribution is 0.625. The topological polar surface area (TPSA) is 3.24 Å². The van der Waals surface area contributed by atoms with Gasteiger partial charge in [-0.15, -0.1) is 0 Å². The normalized spacial score (nSPS) is 26.1. The van der Waals surface area contributed by atoms with Gasteiger partial charge in [0, 0.05) is 31.2 Å². The van der Waals surface area contributed by atoms with Crippen LogP contribution in [-0.2, 0) is 5.41 Å². The molecule has 3 heterocycles. The maximum Gasteiger partial charge on any atom is 0.0720 e. The number of anilines is 1. The van der Waals surface area contributed by atoms with Gasteiger partial charge in [0.2, 0.25) is 0 Å². The molecule has 4 aromatic carbocycles. The summed E-state index contributed by atoms with van der Waals surface area (Å²) >= 11 is 3.96. The number of hydrogen-bond donors (Lipinski definition) is 0. The van der Waals surface area contributed by atoms with E-state index in [4.69, 9.17) is 0 Å². The van der Waals surface area contributed by atoms with Gasteiger partial charge in [-0.3, -0.25) is 0 Å². The minimum absolute atomic E-state index is 0.333. The molecule has 4 unspecified atom stereocenters. The maximum absolute atomic E-state index is 2.68. The molecule has 0 radical (unpaired) electrons. The lowest BCUT2D eigenvalue weighted by Crippen LogP contribution is -2.40. The molecule has 1 spiro atoms. The SMILES string of the molecule is C1=CCCC(c2cccc3c2C2(C4=C(C=CCC4)Sc4ccccc42)c2c(cccc2C2=CCC4C(=C2)C2C=CC=CC2N4c2ccccc2)S3)=C1. The lowest BCUT2D eigenvalue weighted by atomic mass is 9.59. The first-order valence-electron chi connectivity index (χ1n) is 18.9. The minimum Gasteiger partial charge on any atom is -0.357 e. The molecule has 0 N–H and O–H groups in total. The molecule has 1 fully saturated rings. The number of hydrogen-bond acceptors (Lipinski definition) is 3. The van der Waals surface area contributed by atoms with Crippen molar-refractivity contribution >= 4 is 40.4 Å². The molecule has 3 heteroatoms. The summed E-state index contributed by atoms with van der Waals surface area (Å²) in [5.41, 5.74) is 14.1. The summed E-state index contributed by atoms with van der Waals surface area (Å²) in [4.78, 5) is 8.28. The van der Waals surface area contributed by atoms with Crippen molar-refractivity contribution in [2.75, 3.05) is 4.90 Å². The number of para-hydroxylation sites is 1. The van der Waals surface area contributed by atoms with Crippen molar-refractivity contribution in [3.63, 3.8) is 0 Å². The molecule has 52 heavy (non-hydrogen) atoms. The zero-order chi connectivity index (χ0) is 34.2. The van der Waals surface area contributed by atoms with Crippen LogP contribution in [0.15, 0.2) is 189 Å². The van der Waals surface area contributed by atoms with E-state index in [-0.39, 0.29) is 0 Å². The van der Waals surface area contributed by atoms with Gasteiger partial charge in [0.05, 0.1) is 17.5 Å². The summed E-state index contributed by atoms with van der Waals surface area (Å²) in [6, 6.07) is 35.4. The summed E-state index contributed by atoms with van der Waals surface area (Å²) in [7, 11) is 0. The van der Waals surface area contributed by atoms with Crippen LogP contribution < -0.4 is 4.90 Å². The second-order valence-electron chi connectivity index (χ2n) is 14.8. The Morgan fingerprint density at radius 3 is 2.31 bits per heavy atom. The van der Waals surface area contributed by atoms with E-state index in [1.54, 1.807) is 11.1 Å². The highest BCUT2D eigenvalue weighted by molar-refractivity contribution is 8.03. The van der Waals surface area contributed by atoms with Crippen molar-refractivity contribution in [1.29, 1.82) is 0 Å². The standard InChI is InChI=1S/C49H39NS2/c1-3-15-32(16-4-1)35-20-13-27-45-47(35)49(39-22-8-11-25-43(39)51-44-26-12-9-23-40(44)49)48-36(21-14-28-46(48)52-45)33-29-30-42-38(31-33)37-19-7-10-24-41(37)50(42)34-17-5-2-6-18-34/h1-3,5-8,10-15,17-22,24-29,31,37,41-42H,4,9,16,23,30H2. The van der Waals surface area contributed by atoms with E-state index in [9.17, 15) is 0 Å². The molecule has 3 aliphatic heterocycles. The number of thioether (sulfide) groups is 1. The molecular formula is C49H39NS2. The summed E-state index contributed by atoms with van der Waals surface area (Å²) in [5, 5.41) is 0. The highest BCUT2D eigenvalue weighted by Crippen LogP contribution is 2.65. The fourth-order valence-electron chi connectivity index (χ4n) is 10.2. The van der Waals surface area contributed by atoms with Crippen LogP contribution >= 0.6 is 23.5 Å². The summed E-state index contributed by atoms with van der Waals surface area (Å²) < 4.78 is 0. The maximum atomic E-state index is 2.68. The molecule has 0 saturated carbocycles. The molecule has 7 aliphatic rings. The van der Waals surface area contributed by atoms with E-state index in [0.29, 0.717) is 18.0 Å². The second-order valence-corrected chi connectivity index (χ2v) is 17.0. The third-order valence-corrected chi connectivity index (χ3v) is 14.6. The van der Waals surface area contributed by atoms with Gasteiger partial charge in [0.25, 0.3) is 0 Å². The minimum atomic E-state index is -0.398. The van der Waals surface area contributed by atoms with Gasteiger partial charge in [-0.1, -0.05) is 151 Å². The largest absolute Gasteiger partial charge is 0.357 e. The first-order chi connectivity index (χ1) is 25.8. The molecule has 0 amide bonds. The molecule has 1 saturated heterocycles. The molecule has 0 bridgehead atoms. The monoisotopic (exact) mass is 705 g/mol. The second kappa shape index (κ2) is 12.2. The van der Waals surface area contributed by atoms with Gasteiger partial charge in [-0.2, -0.15) is 0 Å². The Morgan fingerprint density at radius 2 is 1.44 bits per heavy atom. The Hall–Kier alpha value is -4.70. The van der Waals surface area contributed by atoms with Crippen LogP contribution in [0.2, 0.25) is 0 Å². The summed E-state index contributed by atoms with van der Waals surface area (Å²) in [5.74, 6) is 0.366. The van der Waals surface area contributed by atoms with Gasteiger partial charge in [-0.25, -0.2) is 0 Å². The van der Waals surface area contributed by atoms with Crippen molar-refractivity contribution in [2.24, 2.45) is 5.92 Å². The highest BCUT2D eigenvalue weighted by Gasteiger charge is 2.53. The average molecular weight is 706 g/mol. The fourth-order valence-corrected chi connectivity index (χ4v) is 12.7. The van der Waals surface area contributed by atoms with Crippen LogP contribution in [0.25, 0.3) is 11.1 Å². The van der Waals surface area contributed by atoms with Crippen molar-refractivity contribution in [3.05, 3.63) is 202 Å². The zero-order valence-electron chi connectivity index (χ0n) is 29.0. The lowest BCUT2D eigenvalue weighted by Gasteiger charge is -2.49. The Morgan fingerprint density at radius 1 is 0.673 bits per heavy atom. The number of nitrogens with zero attached hydrogens (tertiary/aromatic N) is 1. The van der Waals surface area contributed by atoms with Crippen molar-refractivity contribution in [1.82, 2.24) is 0 Å². The van der Waals surface area contributed by atoms with Gasteiger partial charge in [0.15, 0.2) is 0 Å². The molecule has 4 aromatic rings. The molecule has 4 aliphatic carbocycles. The van der Waals surface area contributed by atoms with E-state index in [1.165, 1.54) is 64.2 Å². The highest BCUT2D eigenvalue weighted by atomic mass is 32.2. The quantitative estimate of drug-likeness (QED) is 0.209. The molecule has 11 rings (SSSR count). The van der Waals surface area contributed by atoms with E-state index >= 15 is 0 Å². The Balaban J connectivity index is 1.18. The van der Waals surface area contributed by atoms with Crippen molar-refractivity contribution < 1.29 is 0 Å². The van der Waals surface area contributed by atoms with E-state index in [1.807, 2.05) is 23.5 Å². The third kappa shape index (κ3) is 4.45. The van der Waals surface area contributed by atoms with Crippen LogP contribution in [-0.4, -0.2) is 12.1 Å². The number of benzene rings is 4. The van der Waals surface area contributed by atoms with Crippen molar-refractivity contribution in [2.45, 2.75) is 64.3 Å². The van der Waals surface area contributed by atoms with Gasteiger partial charge in [0.1, 0.15) is 0 Å². The number of fused-ring (bicyclic) bond motifs is 10. The van der Waals surface area contributed by atoms with Crippen LogP contribution in [0.3, 0.4) is 0 Å². The van der Waals surface area contributed by atoms with E-state index in [0.717, 1.165) is 32.1 Å². The van der Waals surface area contributed by atoms with Crippen LogP contribution in [0.4, 0.5) is 5.69 Å². The first kappa shape index (κ1) is 30.9.